The third-order valence-electron chi connectivity index (χ3n) is 3.79. The largest absolute Gasteiger partial charge is 0.271 e. The fraction of sp³-hybridized carbons (Fsp3) is 0.263. The van der Waals surface area contributed by atoms with Gasteiger partial charge >= 0.3 is 0 Å². The van der Waals surface area contributed by atoms with Crippen molar-refractivity contribution in [3.63, 3.8) is 0 Å². The maximum Gasteiger partial charge on any atom is 0.260 e. The molecule has 0 saturated carbocycles. The number of rotatable bonds is 6. The predicted octanol–water partition coefficient (Wildman–Crippen LogP) is 2.53. The number of carbonyl (C=O) groups excluding carboxylic acids is 1. The van der Waals surface area contributed by atoms with E-state index in [2.05, 4.69) is 10.5 Å². The lowest BCUT2D eigenvalue weighted by Crippen LogP contribution is -2.39. The third kappa shape index (κ3) is 5.42. The molecule has 2 aromatic carbocycles. The Morgan fingerprint density at radius 2 is 1.69 bits per heavy atom. The van der Waals surface area contributed by atoms with Gasteiger partial charge < -0.3 is 0 Å². The molecular formula is C19H23N3O3S. The second kappa shape index (κ2) is 8.14. The zero-order valence-corrected chi connectivity index (χ0v) is 16.2. The Bertz CT molecular complexity index is 920. The molecule has 0 fully saturated rings. The maximum absolute atomic E-state index is 12.2. The number of nitrogens with one attached hydrogen (secondary N) is 1. The van der Waals surface area contributed by atoms with Gasteiger partial charge in [-0.2, -0.15) is 5.10 Å². The number of hydrogen-bond acceptors (Lipinski definition) is 4. The summed E-state index contributed by atoms with van der Waals surface area (Å²) >= 11 is 0. The molecule has 2 aromatic rings. The molecule has 0 spiro atoms. The Morgan fingerprint density at radius 3 is 2.27 bits per heavy atom. The number of nitrogens with zero attached hydrogens (tertiary/aromatic N) is 2. The van der Waals surface area contributed by atoms with Crippen molar-refractivity contribution in [3.05, 3.63) is 64.7 Å². The van der Waals surface area contributed by atoms with Gasteiger partial charge in [-0.05, 0) is 38.0 Å². The summed E-state index contributed by atoms with van der Waals surface area (Å²) in [6.45, 7) is 5.38. The van der Waals surface area contributed by atoms with Crippen LogP contribution in [0, 0.1) is 20.8 Å². The first kappa shape index (κ1) is 19.7. The van der Waals surface area contributed by atoms with E-state index in [4.69, 9.17) is 0 Å². The first-order valence-corrected chi connectivity index (χ1v) is 9.95. The fourth-order valence-corrected chi connectivity index (χ4v) is 3.38. The Hall–Kier alpha value is -2.67. The van der Waals surface area contributed by atoms with Crippen molar-refractivity contribution in [2.24, 2.45) is 5.10 Å². The summed E-state index contributed by atoms with van der Waals surface area (Å²) in [5.74, 6) is -0.515. The van der Waals surface area contributed by atoms with Crippen molar-refractivity contribution in [3.8, 4) is 0 Å². The molecule has 7 heteroatoms. The van der Waals surface area contributed by atoms with E-state index in [-0.39, 0.29) is 6.54 Å². The van der Waals surface area contributed by atoms with Crippen molar-refractivity contribution in [2.75, 3.05) is 17.1 Å². The molecule has 1 N–H and O–H groups in total. The average Bonchev–Trinajstić information content (AvgIpc) is 2.54. The minimum absolute atomic E-state index is 0.339. The quantitative estimate of drug-likeness (QED) is 0.624. The molecule has 2 rings (SSSR count). The molecule has 6 nitrogen and oxygen atoms in total. The van der Waals surface area contributed by atoms with Gasteiger partial charge in [0.15, 0.2) is 0 Å². The first-order chi connectivity index (χ1) is 12.2. The molecule has 0 heterocycles. The number of hydrazone groups is 1. The lowest BCUT2D eigenvalue weighted by molar-refractivity contribution is -0.119. The Labute approximate surface area is 154 Å². The molecule has 0 aromatic heterocycles. The van der Waals surface area contributed by atoms with E-state index in [9.17, 15) is 13.2 Å². The summed E-state index contributed by atoms with van der Waals surface area (Å²) in [5.41, 5.74) is 6.63. The van der Waals surface area contributed by atoms with E-state index < -0.39 is 15.9 Å². The van der Waals surface area contributed by atoms with Gasteiger partial charge in [-0.25, -0.2) is 13.8 Å². The van der Waals surface area contributed by atoms with Crippen molar-refractivity contribution < 1.29 is 13.2 Å². The molecule has 26 heavy (non-hydrogen) atoms. The van der Waals surface area contributed by atoms with E-state index >= 15 is 0 Å². The summed E-state index contributed by atoms with van der Waals surface area (Å²) in [7, 11) is -3.61. The molecule has 0 aliphatic carbocycles. The zero-order chi connectivity index (χ0) is 19.3. The van der Waals surface area contributed by atoms with Crippen LogP contribution in [-0.4, -0.2) is 33.3 Å². The molecule has 0 aliphatic rings. The van der Waals surface area contributed by atoms with Crippen molar-refractivity contribution in [1.82, 2.24) is 5.43 Å². The molecule has 138 valence electrons. The SMILES string of the molecule is Cc1ccc(/C=N\NC(=O)CN(c2ccc(C)cc2C)S(C)(=O)=O)cc1. The smallest absolute Gasteiger partial charge is 0.260 e. The van der Waals surface area contributed by atoms with Crippen molar-refractivity contribution >= 4 is 27.8 Å². The van der Waals surface area contributed by atoms with Crippen molar-refractivity contribution in [1.29, 1.82) is 0 Å². The molecule has 0 aliphatic heterocycles. The lowest BCUT2D eigenvalue weighted by Gasteiger charge is -2.23. The van der Waals surface area contributed by atoms with E-state index in [0.29, 0.717) is 5.69 Å². The number of amides is 1. The second-order valence-corrected chi connectivity index (χ2v) is 8.17. The van der Waals surface area contributed by atoms with Gasteiger partial charge in [0.2, 0.25) is 10.0 Å². The van der Waals surface area contributed by atoms with Gasteiger partial charge in [0.25, 0.3) is 5.91 Å². The fourth-order valence-electron chi connectivity index (χ4n) is 2.46. The van der Waals surface area contributed by atoms with Gasteiger partial charge in [-0.1, -0.05) is 47.5 Å². The first-order valence-electron chi connectivity index (χ1n) is 8.10. The summed E-state index contributed by atoms with van der Waals surface area (Å²) < 4.78 is 25.4. The Morgan fingerprint density at radius 1 is 1.08 bits per heavy atom. The summed E-state index contributed by atoms with van der Waals surface area (Å²) in [4.78, 5) is 12.2. The van der Waals surface area contributed by atoms with Gasteiger partial charge in [0.05, 0.1) is 18.2 Å². The highest BCUT2D eigenvalue weighted by atomic mass is 32.2. The minimum atomic E-state index is -3.61. The number of aryl methyl sites for hydroxylation is 3. The zero-order valence-electron chi connectivity index (χ0n) is 15.4. The molecule has 0 saturated heterocycles. The summed E-state index contributed by atoms with van der Waals surface area (Å²) in [6, 6.07) is 13.0. The number of hydrogen-bond donors (Lipinski definition) is 1. The molecule has 0 radical (unpaired) electrons. The summed E-state index contributed by atoms with van der Waals surface area (Å²) in [6.07, 6.45) is 2.59. The van der Waals surface area contributed by atoms with Crippen LogP contribution in [0.2, 0.25) is 0 Å². The van der Waals surface area contributed by atoms with Gasteiger partial charge in [0.1, 0.15) is 6.54 Å². The van der Waals surface area contributed by atoms with E-state index in [1.54, 1.807) is 6.07 Å². The van der Waals surface area contributed by atoms with E-state index in [1.807, 2.05) is 57.2 Å². The van der Waals surface area contributed by atoms with Crippen LogP contribution in [0.15, 0.2) is 47.6 Å². The molecular weight excluding hydrogens is 350 g/mol. The van der Waals surface area contributed by atoms with Crippen LogP contribution in [0.3, 0.4) is 0 Å². The second-order valence-electron chi connectivity index (χ2n) is 6.26. The predicted molar refractivity (Wildman–Crippen MR) is 105 cm³/mol. The monoisotopic (exact) mass is 373 g/mol. The van der Waals surface area contributed by atoms with Crippen LogP contribution >= 0.6 is 0 Å². The van der Waals surface area contributed by atoms with Crippen LogP contribution in [0.25, 0.3) is 0 Å². The summed E-state index contributed by atoms with van der Waals surface area (Å²) in [5, 5.41) is 3.89. The molecule has 0 unspecified atom stereocenters. The average molecular weight is 373 g/mol. The van der Waals surface area contributed by atoms with Crippen LogP contribution < -0.4 is 9.73 Å². The third-order valence-corrected chi connectivity index (χ3v) is 4.92. The van der Waals surface area contributed by atoms with Gasteiger partial charge in [0, 0.05) is 0 Å². The molecule has 0 bridgehead atoms. The van der Waals surface area contributed by atoms with Gasteiger partial charge in [-0.15, -0.1) is 0 Å². The van der Waals surface area contributed by atoms with Crippen LogP contribution in [0.1, 0.15) is 22.3 Å². The van der Waals surface area contributed by atoms with Gasteiger partial charge in [-0.3, -0.25) is 9.10 Å². The number of carbonyl (C=O) groups is 1. The Balaban J connectivity index is 2.11. The number of benzene rings is 2. The standard InChI is InChI=1S/C19H23N3O3S/c1-14-5-8-17(9-6-14)12-20-21-19(23)13-22(26(4,24)25)18-10-7-15(2)11-16(18)3/h5-12H,13H2,1-4H3,(H,21,23)/b20-12-. The van der Waals surface area contributed by atoms with E-state index in [1.165, 1.54) is 6.21 Å². The number of sulfonamides is 1. The maximum atomic E-state index is 12.2. The normalized spacial score (nSPS) is 11.5. The minimum Gasteiger partial charge on any atom is -0.271 e. The highest BCUT2D eigenvalue weighted by molar-refractivity contribution is 7.92. The topological polar surface area (TPSA) is 78.8 Å². The van der Waals surface area contributed by atoms with E-state index in [0.717, 1.165) is 32.8 Å². The van der Waals surface area contributed by atoms with Crippen molar-refractivity contribution in [2.45, 2.75) is 20.8 Å². The lowest BCUT2D eigenvalue weighted by atomic mass is 10.1. The molecule has 0 atom stereocenters. The van der Waals surface area contributed by atoms with Crippen LogP contribution in [0.4, 0.5) is 5.69 Å². The highest BCUT2D eigenvalue weighted by Gasteiger charge is 2.22. The number of anilines is 1. The Kier molecular flexibility index (Phi) is 6.15. The highest BCUT2D eigenvalue weighted by Crippen LogP contribution is 2.23. The molecule has 1 amide bonds. The van der Waals surface area contributed by atoms with Crippen LogP contribution in [-0.2, 0) is 14.8 Å². The van der Waals surface area contributed by atoms with Crippen LogP contribution in [0.5, 0.6) is 0 Å².